The van der Waals surface area contributed by atoms with Crippen LogP contribution in [-0.2, 0) is 9.53 Å². The van der Waals surface area contributed by atoms with E-state index < -0.39 is 0 Å². The molecule has 4 bridgehead atoms. The van der Waals surface area contributed by atoms with Crippen LogP contribution in [0.25, 0.3) is 0 Å². The smallest absolute Gasteiger partial charge is 0.139 e. The van der Waals surface area contributed by atoms with Gasteiger partial charge in [0.25, 0.3) is 0 Å². The molecule has 1 spiro atoms. The highest BCUT2D eigenvalue weighted by Crippen LogP contribution is 2.73. The first kappa shape index (κ1) is 14.0. The summed E-state index contributed by atoms with van der Waals surface area (Å²) in [5.41, 5.74) is 0.564. The minimum atomic E-state index is -0.0277. The minimum absolute atomic E-state index is 0.0277. The van der Waals surface area contributed by atoms with Crippen LogP contribution in [0.4, 0.5) is 0 Å². The molecule has 6 aliphatic rings. The maximum Gasteiger partial charge on any atom is 0.139 e. The summed E-state index contributed by atoms with van der Waals surface area (Å²) in [6.07, 6.45) is 10.7. The summed E-state index contributed by atoms with van der Waals surface area (Å²) in [5.74, 6) is 2.64. The summed E-state index contributed by atoms with van der Waals surface area (Å²) in [6, 6.07) is 0. The van der Waals surface area contributed by atoms with Crippen LogP contribution in [-0.4, -0.2) is 17.0 Å². The van der Waals surface area contributed by atoms with E-state index in [-0.39, 0.29) is 16.6 Å². The SMILES string of the molecule is C[C@@]12CC[C@@]3(C)C(CCC4C5CCC(=O)[C@@]5(C)CC[C@@]43O1)C2. The third kappa shape index (κ3) is 1.33. The molecule has 2 aliphatic heterocycles. The summed E-state index contributed by atoms with van der Waals surface area (Å²) in [5, 5.41) is 0. The van der Waals surface area contributed by atoms with Crippen LogP contribution in [0, 0.1) is 28.6 Å². The van der Waals surface area contributed by atoms with Gasteiger partial charge in [0.1, 0.15) is 5.78 Å². The fraction of sp³-hybridized carbons (Fsp3) is 0.950. The average Bonchev–Trinajstić information content (AvgIpc) is 2.76. The zero-order valence-corrected chi connectivity index (χ0v) is 14.4. The molecule has 2 nitrogen and oxygen atoms in total. The van der Waals surface area contributed by atoms with Gasteiger partial charge in [0.2, 0.25) is 0 Å². The number of ketones is 1. The third-order valence-electron chi connectivity index (χ3n) is 9.21. The molecule has 22 heavy (non-hydrogen) atoms. The maximum atomic E-state index is 12.5. The van der Waals surface area contributed by atoms with E-state index in [9.17, 15) is 4.79 Å². The average molecular weight is 302 g/mol. The number of hydrogen-bond donors (Lipinski definition) is 0. The van der Waals surface area contributed by atoms with E-state index in [0.717, 1.165) is 31.6 Å². The van der Waals surface area contributed by atoms with Crippen LogP contribution in [0.3, 0.4) is 0 Å². The van der Waals surface area contributed by atoms with E-state index >= 15 is 0 Å². The van der Waals surface area contributed by atoms with Crippen LogP contribution in [0.15, 0.2) is 0 Å². The van der Waals surface area contributed by atoms with Crippen molar-refractivity contribution in [1.82, 2.24) is 0 Å². The zero-order chi connectivity index (χ0) is 15.4. The molecule has 0 aromatic carbocycles. The van der Waals surface area contributed by atoms with Gasteiger partial charge < -0.3 is 4.74 Å². The lowest BCUT2D eigenvalue weighted by Crippen LogP contribution is -2.73. The molecule has 0 radical (unpaired) electrons. The molecule has 122 valence electrons. The van der Waals surface area contributed by atoms with Gasteiger partial charge in [0.05, 0.1) is 11.2 Å². The van der Waals surface area contributed by atoms with Crippen LogP contribution < -0.4 is 0 Å². The Morgan fingerprint density at radius 1 is 0.955 bits per heavy atom. The first-order valence-electron chi connectivity index (χ1n) is 9.57. The summed E-state index contributed by atoms with van der Waals surface area (Å²) in [6.45, 7) is 7.19. The van der Waals surface area contributed by atoms with Gasteiger partial charge >= 0.3 is 0 Å². The second kappa shape index (κ2) is 3.82. The van der Waals surface area contributed by atoms with E-state index in [4.69, 9.17) is 4.74 Å². The Hall–Kier alpha value is -0.370. The molecular formula is C20H30O2. The van der Waals surface area contributed by atoms with Gasteiger partial charge in [-0.15, -0.1) is 0 Å². The van der Waals surface area contributed by atoms with Crippen molar-refractivity contribution in [3.63, 3.8) is 0 Å². The fourth-order valence-electron chi connectivity index (χ4n) is 7.88. The number of carbonyl (C=O) groups is 1. The molecule has 0 aromatic rings. The molecule has 0 aromatic heterocycles. The Morgan fingerprint density at radius 3 is 2.59 bits per heavy atom. The van der Waals surface area contributed by atoms with Crippen molar-refractivity contribution in [2.45, 2.75) is 89.8 Å². The first-order chi connectivity index (χ1) is 10.3. The highest BCUT2D eigenvalue weighted by molar-refractivity contribution is 5.87. The number of fused-ring (bicyclic) bond motifs is 3. The molecule has 0 N–H and O–H groups in total. The fourth-order valence-corrected chi connectivity index (χ4v) is 7.88. The second-order valence-corrected chi connectivity index (χ2v) is 9.93. The highest BCUT2D eigenvalue weighted by atomic mass is 16.5. The van der Waals surface area contributed by atoms with Gasteiger partial charge in [-0.05, 0) is 81.5 Å². The number of carbonyl (C=O) groups excluding carboxylic acids is 1. The number of hydrogen-bond acceptors (Lipinski definition) is 2. The highest BCUT2D eigenvalue weighted by Gasteiger charge is 2.73. The van der Waals surface area contributed by atoms with Crippen LogP contribution in [0.1, 0.15) is 78.6 Å². The molecule has 4 aliphatic carbocycles. The van der Waals surface area contributed by atoms with Crippen LogP contribution in [0.2, 0.25) is 0 Å². The molecule has 2 heterocycles. The molecule has 6 rings (SSSR count). The molecule has 2 saturated heterocycles. The number of rotatable bonds is 0. The van der Waals surface area contributed by atoms with E-state index in [1.165, 1.54) is 32.1 Å². The van der Waals surface area contributed by atoms with Crippen LogP contribution >= 0.6 is 0 Å². The standard InChI is InChI=1S/C20H30O2/c1-17-8-10-19(3)13(12-17)4-5-15-14-6-7-16(21)18(14,2)9-11-20(15,19)22-17/h13-15H,4-12H2,1-3H3/t13?,14?,15?,17-,18-,19-,20+/m0/s1. The molecule has 2 heteroatoms. The quantitative estimate of drug-likeness (QED) is 0.658. The van der Waals surface area contributed by atoms with Crippen molar-refractivity contribution in [2.24, 2.45) is 28.6 Å². The molecule has 0 amide bonds. The summed E-state index contributed by atoms with van der Waals surface area (Å²) < 4.78 is 7.02. The van der Waals surface area contributed by atoms with Gasteiger partial charge in [-0.1, -0.05) is 13.8 Å². The zero-order valence-electron chi connectivity index (χ0n) is 14.4. The van der Waals surface area contributed by atoms with E-state index in [0.29, 0.717) is 23.0 Å². The molecule has 3 unspecified atom stereocenters. The second-order valence-electron chi connectivity index (χ2n) is 9.93. The largest absolute Gasteiger partial charge is 0.368 e. The Kier molecular flexibility index (Phi) is 2.43. The third-order valence-corrected chi connectivity index (χ3v) is 9.21. The number of ether oxygens (including phenoxy) is 1. The Balaban J connectivity index is 1.63. The van der Waals surface area contributed by atoms with Crippen molar-refractivity contribution in [2.75, 3.05) is 0 Å². The van der Waals surface area contributed by atoms with Crippen molar-refractivity contribution < 1.29 is 9.53 Å². The Labute approximate surface area is 134 Å². The predicted molar refractivity (Wildman–Crippen MR) is 85.5 cm³/mol. The number of Topliss-reactive ketones (excluding diaryl/α,β-unsaturated/α-hetero) is 1. The van der Waals surface area contributed by atoms with Gasteiger partial charge in [-0.3, -0.25) is 4.79 Å². The van der Waals surface area contributed by atoms with Crippen molar-refractivity contribution in [3.05, 3.63) is 0 Å². The van der Waals surface area contributed by atoms with Gasteiger partial charge in [-0.2, -0.15) is 0 Å². The van der Waals surface area contributed by atoms with Gasteiger partial charge in [-0.25, -0.2) is 0 Å². The first-order valence-corrected chi connectivity index (χ1v) is 9.57. The van der Waals surface area contributed by atoms with Crippen molar-refractivity contribution in [1.29, 1.82) is 0 Å². The Bertz CT molecular complexity index is 556. The maximum absolute atomic E-state index is 12.5. The lowest BCUT2D eigenvalue weighted by atomic mass is 9.40. The summed E-state index contributed by atoms with van der Waals surface area (Å²) in [4.78, 5) is 12.5. The molecule has 4 saturated carbocycles. The van der Waals surface area contributed by atoms with Gasteiger partial charge in [0, 0.05) is 11.8 Å². The molecular weight excluding hydrogens is 272 g/mol. The molecule has 7 atom stereocenters. The van der Waals surface area contributed by atoms with Crippen molar-refractivity contribution in [3.8, 4) is 0 Å². The minimum Gasteiger partial charge on any atom is -0.368 e. The monoisotopic (exact) mass is 302 g/mol. The van der Waals surface area contributed by atoms with E-state index in [2.05, 4.69) is 20.8 Å². The van der Waals surface area contributed by atoms with Crippen LogP contribution in [0.5, 0.6) is 0 Å². The summed E-state index contributed by atoms with van der Waals surface area (Å²) >= 11 is 0. The summed E-state index contributed by atoms with van der Waals surface area (Å²) in [7, 11) is 0. The molecule has 6 fully saturated rings. The van der Waals surface area contributed by atoms with E-state index in [1.54, 1.807) is 0 Å². The predicted octanol–water partition coefficient (Wildman–Crippen LogP) is 4.51. The van der Waals surface area contributed by atoms with Gasteiger partial charge in [0.15, 0.2) is 0 Å². The topological polar surface area (TPSA) is 26.3 Å². The normalized spacial score (nSPS) is 62.7. The van der Waals surface area contributed by atoms with E-state index in [1.807, 2.05) is 0 Å². The Morgan fingerprint density at radius 2 is 1.77 bits per heavy atom. The lowest BCUT2D eigenvalue weighted by Gasteiger charge is -2.73. The van der Waals surface area contributed by atoms with Crippen molar-refractivity contribution >= 4 is 5.78 Å². The lowest BCUT2D eigenvalue weighted by molar-refractivity contribution is -0.358.